The lowest BCUT2D eigenvalue weighted by molar-refractivity contribution is -0.134. The topological polar surface area (TPSA) is 37.4 Å². The van der Waals surface area contributed by atoms with Gasteiger partial charge in [-0.15, -0.1) is 0 Å². The molecule has 1 saturated heterocycles. The van der Waals surface area contributed by atoms with E-state index in [4.69, 9.17) is 0 Å². The number of fused-ring (bicyclic) bond motifs is 5. The normalized spacial score (nSPS) is 41.0. The van der Waals surface area contributed by atoms with Crippen LogP contribution in [0.2, 0.25) is 0 Å². The van der Waals surface area contributed by atoms with E-state index in [0.717, 1.165) is 11.1 Å². The number of nitrogens with zero attached hydrogens (tertiary/aromatic N) is 1. The number of rotatable bonds is 2. The predicted octanol–water partition coefficient (Wildman–Crippen LogP) is 5.20. The number of carbonyl (C=O) groups excluding carboxylic acids is 2. The molecule has 2 amide bonds. The summed E-state index contributed by atoms with van der Waals surface area (Å²) in [5, 5.41) is 0. The van der Waals surface area contributed by atoms with Crippen LogP contribution in [0.3, 0.4) is 0 Å². The van der Waals surface area contributed by atoms with Gasteiger partial charge >= 0.3 is 3.93 Å². The highest BCUT2D eigenvalue weighted by atomic mass is 127. The van der Waals surface area contributed by atoms with Crippen LogP contribution in [-0.2, 0) is 9.59 Å². The second-order valence-electron chi connectivity index (χ2n) is 8.58. The minimum absolute atomic E-state index is 0.360. The molecule has 1 aliphatic heterocycles. The molecule has 3 aliphatic rings. The third-order valence-corrected chi connectivity index (χ3v) is 9.41. The van der Waals surface area contributed by atoms with Crippen LogP contribution in [0.5, 0.6) is 0 Å². The molecule has 0 aromatic heterocycles. The van der Waals surface area contributed by atoms with Crippen molar-refractivity contribution >= 4 is 40.1 Å². The Morgan fingerprint density at radius 2 is 1.33 bits per heavy atom. The van der Waals surface area contributed by atoms with Crippen molar-refractivity contribution in [2.24, 2.45) is 28.1 Å². The van der Waals surface area contributed by atoms with Gasteiger partial charge < -0.3 is 0 Å². The first-order valence-corrected chi connectivity index (χ1v) is 10.1. The number of para-hydroxylation sites is 1. The van der Waals surface area contributed by atoms with E-state index in [2.05, 4.69) is 0 Å². The van der Waals surface area contributed by atoms with E-state index >= 15 is 8.78 Å². The number of imide groups is 1. The largest absolute Gasteiger partial charge is 0.303 e. The fourth-order valence-electron chi connectivity index (χ4n) is 6.41. The van der Waals surface area contributed by atoms with E-state index in [1.165, 1.54) is 27.5 Å². The van der Waals surface area contributed by atoms with Crippen LogP contribution in [0.15, 0.2) is 41.5 Å². The summed E-state index contributed by atoms with van der Waals surface area (Å²) in [6.07, 6.45) is 0. The molecule has 2 aliphatic carbocycles. The summed E-state index contributed by atoms with van der Waals surface area (Å²) >= 11 is 1.20. The highest BCUT2D eigenvalue weighted by Gasteiger charge is 2.86. The maximum Gasteiger partial charge on any atom is 0.303 e. The van der Waals surface area contributed by atoms with Gasteiger partial charge in [-0.3, -0.25) is 9.59 Å². The number of alkyl halides is 3. The van der Waals surface area contributed by atoms with Gasteiger partial charge in [-0.25, -0.2) is 4.90 Å². The molecule has 27 heavy (non-hydrogen) atoms. The SMILES string of the molecule is CC1=C(C)[C@]2(C)[C@@H]3C(=O)N(c4ccccc4)C(=O)[C@@H]3[C@@]1(C)C2(C)C(F)(F)I. The molecule has 3 nitrogen and oxygen atoms in total. The average molecular weight is 485 g/mol. The van der Waals surface area contributed by atoms with Crippen LogP contribution >= 0.6 is 22.6 Å². The van der Waals surface area contributed by atoms with E-state index in [1.807, 2.05) is 19.9 Å². The lowest BCUT2D eigenvalue weighted by Crippen LogP contribution is -2.53. The highest BCUT2D eigenvalue weighted by Crippen LogP contribution is 2.83. The minimum Gasteiger partial charge on any atom is -0.274 e. The van der Waals surface area contributed by atoms with Crippen molar-refractivity contribution in [3.8, 4) is 0 Å². The molecule has 4 rings (SSSR count). The molecule has 2 fully saturated rings. The number of allylic oxidation sites excluding steroid dienone is 2. The smallest absolute Gasteiger partial charge is 0.274 e. The third-order valence-electron chi connectivity index (χ3n) is 8.33. The Morgan fingerprint density at radius 3 is 1.70 bits per heavy atom. The second kappa shape index (κ2) is 5.19. The maximum absolute atomic E-state index is 15.1. The Bertz CT molecular complexity index is 863. The molecule has 144 valence electrons. The zero-order valence-corrected chi connectivity index (χ0v) is 18.1. The summed E-state index contributed by atoms with van der Waals surface area (Å²) in [6, 6.07) is 8.76. The first-order chi connectivity index (χ1) is 12.4. The molecule has 1 unspecified atom stereocenters. The van der Waals surface area contributed by atoms with Crippen molar-refractivity contribution < 1.29 is 18.4 Å². The van der Waals surface area contributed by atoms with Gasteiger partial charge in [0.25, 0.3) is 0 Å². The molecule has 6 heteroatoms. The van der Waals surface area contributed by atoms with Gasteiger partial charge in [0.1, 0.15) is 0 Å². The fraction of sp³-hybridized carbons (Fsp3) is 0.524. The van der Waals surface area contributed by atoms with Crippen LogP contribution in [0.25, 0.3) is 0 Å². The fourth-order valence-corrected chi connectivity index (χ4v) is 7.53. The standard InChI is InChI=1S/C21H22F2INO2/c1-11-12(2)19(4)15-14(18(11,3)20(19,5)21(22,23)24)16(26)25(17(15)27)13-9-7-6-8-10-13/h6-10,14-15H,1-5H3/t14-,15+,18+,19-,20?. The number of halogens is 3. The van der Waals surface area contributed by atoms with Crippen LogP contribution in [0.1, 0.15) is 34.6 Å². The van der Waals surface area contributed by atoms with E-state index in [1.54, 1.807) is 45.0 Å². The Labute approximate surface area is 171 Å². The van der Waals surface area contributed by atoms with Gasteiger partial charge in [-0.2, -0.15) is 8.78 Å². The third kappa shape index (κ3) is 1.73. The van der Waals surface area contributed by atoms with Crippen LogP contribution in [-0.4, -0.2) is 15.7 Å². The zero-order valence-electron chi connectivity index (χ0n) is 15.9. The predicted molar refractivity (Wildman–Crippen MR) is 108 cm³/mol. The second-order valence-corrected chi connectivity index (χ2v) is 9.94. The number of hydrogen-bond donors (Lipinski definition) is 0. The molecule has 1 saturated carbocycles. The molecule has 1 aromatic carbocycles. The van der Waals surface area contributed by atoms with Gasteiger partial charge in [-0.1, -0.05) is 50.1 Å². The molecule has 0 radical (unpaired) electrons. The lowest BCUT2D eigenvalue weighted by atomic mass is 9.59. The quantitative estimate of drug-likeness (QED) is 0.250. The maximum atomic E-state index is 15.1. The van der Waals surface area contributed by atoms with Crippen molar-refractivity contribution in [1.82, 2.24) is 0 Å². The number of benzene rings is 1. The van der Waals surface area contributed by atoms with E-state index in [9.17, 15) is 9.59 Å². The van der Waals surface area contributed by atoms with Crippen LogP contribution in [0, 0.1) is 28.1 Å². The first kappa shape index (κ1) is 19.0. The van der Waals surface area contributed by atoms with Crippen LogP contribution < -0.4 is 4.90 Å². The average Bonchev–Trinajstić information content (AvgIpc) is 3.01. The summed E-state index contributed by atoms with van der Waals surface area (Å²) in [5.74, 6) is -2.27. The van der Waals surface area contributed by atoms with Gasteiger partial charge in [0, 0.05) is 10.8 Å². The molecule has 2 bridgehead atoms. The van der Waals surface area contributed by atoms with Crippen molar-refractivity contribution in [1.29, 1.82) is 0 Å². The monoisotopic (exact) mass is 485 g/mol. The number of amides is 2. The Hall–Kier alpha value is -1.31. The summed E-state index contributed by atoms with van der Waals surface area (Å²) in [4.78, 5) is 28.1. The number of anilines is 1. The minimum atomic E-state index is -3.07. The summed E-state index contributed by atoms with van der Waals surface area (Å²) in [7, 11) is 0. The molecular weight excluding hydrogens is 463 g/mol. The van der Waals surface area contributed by atoms with Crippen molar-refractivity contribution in [2.45, 2.75) is 38.5 Å². The van der Waals surface area contributed by atoms with Gasteiger partial charge in [0.2, 0.25) is 11.8 Å². The van der Waals surface area contributed by atoms with Gasteiger partial charge in [0.05, 0.1) is 22.9 Å². The van der Waals surface area contributed by atoms with Gasteiger partial charge in [0.15, 0.2) is 0 Å². The first-order valence-electron chi connectivity index (χ1n) is 9.04. The number of carbonyl (C=O) groups is 2. The summed E-state index contributed by atoms with van der Waals surface area (Å²) < 4.78 is 27.1. The Morgan fingerprint density at radius 1 is 0.926 bits per heavy atom. The molecule has 5 atom stereocenters. The van der Waals surface area contributed by atoms with Crippen molar-refractivity contribution in [2.75, 3.05) is 4.90 Å². The molecule has 0 spiro atoms. The number of hydrogen-bond acceptors (Lipinski definition) is 2. The molecule has 1 heterocycles. The van der Waals surface area contributed by atoms with E-state index in [-0.39, 0.29) is 11.8 Å². The van der Waals surface area contributed by atoms with Crippen molar-refractivity contribution in [3.05, 3.63) is 41.5 Å². The Balaban J connectivity index is 1.98. The van der Waals surface area contributed by atoms with E-state index in [0.29, 0.717) is 5.69 Å². The summed E-state index contributed by atoms with van der Waals surface area (Å²) in [5.41, 5.74) is -1.55. The highest BCUT2D eigenvalue weighted by molar-refractivity contribution is 14.1. The summed E-state index contributed by atoms with van der Waals surface area (Å²) in [6.45, 7) is 8.77. The van der Waals surface area contributed by atoms with Crippen molar-refractivity contribution in [3.63, 3.8) is 0 Å². The zero-order chi connectivity index (χ0) is 20.2. The lowest BCUT2D eigenvalue weighted by Gasteiger charge is -2.48. The van der Waals surface area contributed by atoms with Crippen LogP contribution in [0.4, 0.5) is 14.5 Å². The molecule has 0 N–H and O–H groups in total. The Kier molecular flexibility index (Phi) is 3.65. The van der Waals surface area contributed by atoms with E-state index < -0.39 is 32.0 Å². The molecular formula is C21H22F2INO2. The molecule has 1 aromatic rings. The van der Waals surface area contributed by atoms with Gasteiger partial charge in [-0.05, 0) is 48.6 Å².